The SMILES string of the molecule is O=C(CCn1cccn1)NCC1=CCNCC1. The summed E-state index contributed by atoms with van der Waals surface area (Å²) in [6.07, 6.45) is 7.24. The van der Waals surface area contributed by atoms with Gasteiger partial charge in [0.2, 0.25) is 5.91 Å². The van der Waals surface area contributed by atoms with Gasteiger partial charge in [-0.1, -0.05) is 11.6 Å². The number of carbonyl (C=O) groups excluding carboxylic acids is 1. The fraction of sp³-hybridized carbons (Fsp3) is 0.500. The maximum atomic E-state index is 11.6. The number of aromatic nitrogens is 2. The largest absolute Gasteiger partial charge is 0.352 e. The molecular weight excluding hydrogens is 216 g/mol. The van der Waals surface area contributed by atoms with Crippen molar-refractivity contribution in [3.8, 4) is 0 Å². The minimum absolute atomic E-state index is 0.0833. The zero-order valence-electron chi connectivity index (χ0n) is 9.85. The molecule has 17 heavy (non-hydrogen) atoms. The molecule has 0 bridgehead atoms. The van der Waals surface area contributed by atoms with E-state index in [1.807, 2.05) is 12.3 Å². The highest BCUT2D eigenvalue weighted by Gasteiger charge is 2.05. The van der Waals surface area contributed by atoms with Crippen molar-refractivity contribution in [2.45, 2.75) is 19.4 Å². The van der Waals surface area contributed by atoms with E-state index in [9.17, 15) is 4.79 Å². The molecule has 0 spiro atoms. The lowest BCUT2D eigenvalue weighted by molar-refractivity contribution is -0.121. The summed E-state index contributed by atoms with van der Waals surface area (Å²) in [5.74, 6) is 0.0833. The number of carbonyl (C=O) groups is 1. The first-order valence-electron chi connectivity index (χ1n) is 5.97. The van der Waals surface area contributed by atoms with Crippen LogP contribution in [0.1, 0.15) is 12.8 Å². The van der Waals surface area contributed by atoms with Gasteiger partial charge < -0.3 is 10.6 Å². The van der Waals surface area contributed by atoms with E-state index in [1.54, 1.807) is 10.9 Å². The van der Waals surface area contributed by atoms with Crippen molar-refractivity contribution in [2.75, 3.05) is 19.6 Å². The summed E-state index contributed by atoms with van der Waals surface area (Å²) in [5, 5.41) is 10.2. The topological polar surface area (TPSA) is 59.0 Å². The molecular formula is C12H18N4O. The molecule has 2 rings (SSSR count). The van der Waals surface area contributed by atoms with Crippen molar-refractivity contribution in [1.29, 1.82) is 0 Å². The van der Waals surface area contributed by atoms with Crippen LogP contribution in [0.3, 0.4) is 0 Å². The second kappa shape index (κ2) is 6.20. The number of amides is 1. The third-order valence-corrected chi connectivity index (χ3v) is 2.80. The van der Waals surface area contributed by atoms with Crippen LogP contribution in [-0.2, 0) is 11.3 Å². The van der Waals surface area contributed by atoms with Gasteiger partial charge >= 0.3 is 0 Å². The van der Waals surface area contributed by atoms with Crippen molar-refractivity contribution in [3.05, 3.63) is 30.1 Å². The molecule has 0 saturated heterocycles. The van der Waals surface area contributed by atoms with Crippen molar-refractivity contribution < 1.29 is 4.79 Å². The third-order valence-electron chi connectivity index (χ3n) is 2.80. The molecule has 2 heterocycles. The molecule has 0 fully saturated rings. The van der Waals surface area contributed by atoms with E-state index < -0.39 is 0 Å². The predicted octanol–water partition coefficient (Wildman–Crippen LogP) is 0.309. The first kappa shape index (κ1) is 11.9. The van der Waals surface area contributed by atoms with Gasteiger partial charge in [0.1, 0.15) is 0 Å². The Bertz CT molecular complexity index is 383. The molecule has 0 aliphatic carbocycles. The molecule has 1 aliphatic rings. The summed E-state index contributed by atoms with van der Waals surface area (Å²) in [7, 11) is 0. The third kappa shape index (κ3) is 4.03. The lowest BCUT2D eigenvalue weighted by Gasteiger charge is -2.14. The Labute approximate surface area is 101 Å². The lowest BCUT2D eigenvalue weighted by Crippen LogP contribution is -2.30. The summed E-state index contributed by atoms with van der Waals surface area (Å²) >= 11 is 0. The van der Waals surface area contributed by atoms with Gasteiger partial charge in [0, 0.05) is 38.4 Å². The highest BCUT2D eigenvalue weighted by atomic mass is 16.1. The highest BCUT2D eigenvalue weighted by Crippen LogP contribution is 2.02. The van der Waals surface area contributed by atoms with Gasteiger partial charge in [0.15, 0.2) is 0 Å². The molecule has 0 aromatic carbocycles. The minimum atomic E-state index is 0.0833. The molecule has 0 unspecified atom stereocenters. The summed E-state index contributed by atoms with van der Waals surface area (Å²) in [6, 6.07) is 1.86. The minimum Gasteiger partial charge on any atom is -0.352 e. The Morgan fingerprint density at radius 1 is 1.59 bits per heavy atom. The molecule has 2 N–H and O–H groups in total. The van der Waals surface area contributed by atoms with Crippen LogP contribution in [-0.4, -0.2) is 35.3 Å². The maximum Gasteiger partial charge on any atom is 0.222 e. The first-order chi connectivity index (χ1) is 8.34. The van der Waals surface area contributed by atoms with Crippen molar-refractivity contribution in [1.82, 2.24) is 20.4 Å². The molecule has 5 heteroatoms. The fourth-order valence-corrected chi connectivity index (χ4v) is 1.78. The number of nitrogens with zero attached hydrogens (tertiary/aromatic N) is 2. The van der Waals surface area contributed by atoms with Crippen molar-refractivity contribution in [3.63, 3.8) is 0 Å². The number of aryl methyl sites for hydroxylation is 1. The smallest absolute Gasteiger partial charge is 0.222 e. The second-order valence-electron chi connectivity index (χ2n) is 4.11. The van der Waals surface area contributed by atoms with E-state index in [4.69, 9.17) is 0 Å². The summed E-state index contributed by atoms with van der Waals surface area (Å²) in [5.41, 5.74) is 1.32. The zero-order valence-corrected chi connectivity index (χ0v) is 9.85. The van der Waals surface area contributed by atoms with Gasteiger partial charge in [-0.2, -0.15) is 5.10 Å². The zero-order chi connectivity index (χ0) is 11.9. The van der Waals surface area contributed by atoms with E-state index in [2.05, 4.69) is 21.8 Å². The summed E-state index contributed by atoms with van der Waals surface area (Å²) in [6.45, 7) is 3.24. The highest BCUT2D eigenvalue weighted by molar-refractivity contribution is 5.76. The quantitative estimate of drug-likeness (QED) is 0.721. The average molecular weight is 234 g/mol. The average Bonchev–Trinajstić information content (AvgIpc) is 2.88. The van der Waals surface area contributed by atoms with Crippen LogP contribution >= 0.6 is 0 Å². The number of hydrogen-bond donors (Lipinski definition) is 2. The second-order valence-corrected chi connectivity index (χ2v) is 4.11. The van der Waals surface area contributed by atoms with Crippen LogP contribution < -0.4 is 10.6 Å². The first-order valence-corrected chi connectivity index (χ1v) is 5.97. The van der Waals surface area contributed by atoms with Crippen LogP contribution in [0, 0.1) is 0 Å². The van der Waals surface area contributed by atoms with E-state index in [0.717, 1.165) is 19.5 Å². The number of rotatable bonds is 5. The summed E-state index contributed by atoms with van der Waals surface area (Å²) < 4.78 is 1.77. The van der Waals surface area contributed by atoms with Crippen LogP contribution in [0.2, 0.25) is 0 Å². The Morgan fingerprint density at radius 3 is 3.24 bits per heavy atom. The number of hydrogen-bond acceptors (Lipinski definition) is 3. The van der Waals surface area contributed by atoms with Gasteiger partial charge in [-0.15, -0.1) is 0 Å². The van der Waals surface area contributed by atoms with Gasteiger partial charge in [0.05, 0.1) is 0 Å². The molecule has 92 valence electrons. The lowest BCUT2D eigenvalue weighted by atomic mass is 10.1. The molecule has 1 aromatic rings. The molecule has 5 nitrogen and oxygen atoms in total. The Kier molecular flexibility index (Phi) is 4.32. The van der Waals surface area contributed by atoms with Gasteiger partial charge in [-0.25, -0.2) is 0 Å². The molecule has 0 radical (unpaired) electrons. The molecule has 1 aromatic heterocycles. The summed E-state index contributed by atoms with van der Waals surface area (Å²) in [4.78, 5) is 11.6. The molecule has 0 saturated carbocycles. The van der Waals surface area contributed by atoms with Gasteiger partial charge in [-0.3, -0.25) is 9.48 Å². The van der Waals surface area contributed by atoms with Crippen LogP contribution in [0.25, 0.3) is 0 Å². The Hall–Kier alpha value is -1.62. The van der Waals surface area contributed by atoms with Crippen LogP contribution in [0.15, 0.2) is 30.1 Å². The maximum absolute atomic E-state index is 11.6. The van der Waals surface area contributed by atoms with Crippen molar-refractivity contribution >= 4 is 5.91 Å². The molecule has 1 amide bonds. The molecule has 1 aliphatic heterocycles. The van der Waals surface area contributed by atoms with E-state index in [1.165, 1.54) is 5.57 Å². The fourth-order valence-electron chi connectivity index (χ4n) is 1.78. The Balaban J connectivity index is 1.65. The Morgan fingerprint density at radius 2 is 2.53 bits per heavy atom. The monoisotopic (exact) mass is 234 g/mol. The normalized spacial score (nSPS) is 15.4. The standard InChI is InChI=1S/C12H18N4O/c17-12(4-9-16-8-1-5-15-16)14-10-11-2-6-13-7-3-11/h1-2,5,8,13H,3-4,6-7,9-10H2,(H,14,17). The van der Waals surface area contributed by atoms with E-state index in [0.29, 0.717) is 19.5 Å². The van der Waals surface area contributed by atoms with Gasteiger partial charge in [0.25, 0.3) is 0 Å². The number of nitrogens with one attached hydrogen (secondary N) is 2. The molecule has 0 atom stereocenters. The van der Waals surface area contributed by atoms with Crippen LogP contribution in [0.4, 0.5) is 0 Å². The predicted molar refractivity (Wildman–Crippen MR) is 65.4 cm³/mol. The van der Waals surface area contributed by atoms with Crippen molar-refractivity contribution in [2.24, 2.45) is 0 Å². The van der Waals surface area contributed by atoms with Gasteiger partial charge in [-0.05, 0) is 19.0 Å². The van der Waals surface area contributed by atoms with E-state index in [-0.39, 0.29) is 5.91 Å². The van der Waals surface area contributed by atoms with Crippen LogP contribution in [0.5, 0.6) is 0 Å². The van der Waals surface area contributed by atoms with E-state index >= 15 is 0 Å².